The lowest BCUT2D eigenvalue weighted by Gasteiger charge is -1.90. The van der Waals surface area contributed by atoms with Crippen molar-refractivity contribution in [2.75, 3.05) is 26.1 Å². The molecule has 3 unspecified atom stereocenters. The second kappa shape index (κ2) is 4.90. The van der Waals surface area contributed by atoms with Gasteiger partial charge in [-0.25, -0.2) is 0 Å². The predicted octanol–water partition coefficient (Wildman–Crippen LogP) is 1.26. The average molecular weight is 182 g/mol. The summed E-state index contributed by atoms with van der Waals surface area (Å²) >= 11 is 0. The third-order valence-corrected chi connectivity index (χ3v) is 3.81. The summed E-state index contributed by atoms with van der Waals surface area (Å²) in [5, 5.41) is 8.63. The van der Waals surface area contributed by atoms with E-state index in [1.54, 1.807) is 13.3 Å². The Balaban J connectivity index is 3.83. The lowest BCUT2D eigenvalue weighted by molar-refractivity contribution is 0.297. The third-order valence-electron chi connectivity index (χ3n) is 1.19. The quantitative estimate of drug-likeness (QED) is 0.666. The van der Waals surface area contributed by atoms with Gasteiger partial charge in [-0.2, -0.15) is 0 Å². The zero-order valence-corrected chi connectivity index (χ0v) is 7.94. The summed E-state index contributed by atoms with van der Waals surface area (Å²) in [6.45, 7) is 3.01. The van der Waals surface area contributed by atoms with E-state index in [-0.39, 0.29) is 12.3 Å². The summed E-state index contributed by atoms with van der Waals surface area (Å²) in [4.78, 5) is 0. The van der Waals surface area contributed by atoms with Crippen molar-refractivity contribution in [2.45, 2.75) is 5.66 Å². The van der Waals surface area contributed by atoms with Crippen molar-refractivity contribution >= 4 is 15.6 Å². The zero-order chi connectivity index (χ0) is 8.15. The molecular weight excluding hydrogens is 170 g/mol. The molecular formula is C5H12O3P2+2. The van der Waals surface area contributed by atoms with Crippen LogP contribution in [0.3, 0.4) is 0 Å². The van der Waals surface area contributed by atoms with Gasteiger partial charge in [-0.3, -0.25) is 0 Å². The molecule has 0 spiro atoms. The van der Waals surface area contributed by atoms with Crippen LogP contribution < -0.4 is 0 Å². The Morgan fingerprint density at radius 3 is 2.00 bits per heavy atom. The molecule has 0 amide bonds. The van der Waals surface area contributed by atoms with Crippen molar-refractivity contribution in [1.29, 1.82) is 0 Å². The molecule has 3 nitrogen and oxygen atoms in total. The van der Waals surface area contributed by atoms with Gasteiger partial charge in [0.25, 0.3) is 0 Å². The van der Waals surface area contributed by atoms with E-state index in [1.165, 1.54) is 0 Å². The van der Waals surface area contributed by atoms with Gasteiger partial charge >= 0.3 is 15.6 Å². The highest BCUT2D eigenvalue weighted by molar-refractivity contribution is 7.48. The second-order valence-electron chi connectivity index (χ2n) is 2.19. The van der Waals surface area contributed by atoms with E-state index in [4.69, 9.17) is 5.11 Å². The van der Waals surface area contributed by atoms with Gasteiger partial charge in [-0.15, -0.1) is 0 Å². The number of hydrogen-bond acceptors (Lipinski definition) is 3. The molecule has 0 aromatic carbocycles. The SMILES string of the molecule is C[P+](=O)CC(CO)[P+](C)=O. The first-order valence-electron chi connectivity index (χ1n) is 2.97. The Bertz CT molecular complexity index is 146. The van der Waals surface area contributed by atoms with Gasteiger partial charge in [0.15, 0.2) is 6.16 Å². The van der Waals surface area contributed by atoms with Crippen LogP contribution in [0.1, 0.15) is 0 Å². The van der Waals surface area contributed by atoms with Crippen molar-refractivity contribution in [3.05, 3.63) is 0 Å². The number of aliphatic hydroxyl groups excluding tert-OH is 1. The van der Waals surface area contributed by atoms with Crippen LogP contribution in [0.15, 0.2) is 0 Å². The molecule has 0 aliphatic rings. The lowest BCUT2D eigenvalue weighted by atomic mass is 10.5. The summed E-state index contributed by atoms with van der Waals surface area (Å²) in [7, 11) is -2.65. The van der Waals surface area contributed by atoms with Crippen LogP contribution in [-0.4, -0.2) is 36.9 Å². The highest BCUT2D eigenvalue weighted by Gasteiger charge is 2.30. The second-order valence-corrected chi connectivity index (χ2v) is 5.64. The van der Waals surface area contributed by atoms with Crippen LogP contribution in [-0.2, 0) is 9.13 Å². The van der Waals surface area contributed by atoms with Crippen LogP contribution in [0.4, 0.5) is 0 Å². The fourth-order valence-corrected chi connectivity index (χ4v) is 3.13. The maximum absolute atomic E-state index is 10.8. The van der Waals surface area contributed by atoms with E-state index in [2.05, 4.69) is 0 Å². The van der Waals surface area contributed by atoms with Crippen LogP contribution in [0, 0.1) is 0 Å². The maximum Gasteiger partial charge on any atom is 0.345 e. The largest absolute Gasteiger partial charge is 0.391 e. The Kier molecular flexibility index (Phi) is 4.98. The molecule has 0 rings (SSSR count). The first-order chi connectivity index (χ1) is 4.57. The smallest absolute Gasteiger partial charge is 0.345 e. The van der Waals surface area contributed by atoms with Crippen molar-refractivity contribution in [2.24, 2.45) is 0 Å². The first kappa shape index (κ1) is 10.2. The summed E-state index contributed by atoms with van der Waals surface area (Å²) in [6.07, 6.45) is 0.373. The molecule has 0 aliphatic carbocycles. The van der Waals surface area contributed by atoms with Gasteiger partial charge in [0.05, 0.1) is 6.61 Å². The zero-order valence-electron chi connectivity index (χ0n) is 6.15. The molecule has 10 heavy (non-hydrogen) atoms. The number of aliphatic hydroxyl groups is 1. The molecule has 0 aromatic rings. The summed E-state index contributed by atoms with van der Waals surface area (Å²) in [5.41, 5.74) is -0.274. The highest BCUT2D eigenvalue weighted by Crippen LogP contribution is 2.29. The molecule has 0 saturated carbocycles. The molecule has 5 heteroatoms. The lowest BCUT2D eigenvalue weighted by Crippen LogP contribution is -2.10. The minimum Gasteiger partial charge on any atom is -0.391 e. The van der Waals surface area contributed by atoms with Gasteiger partial charge in [0.2, 0.25) is 5.66 Å². The van der Waals surface area contributed by atoms with Crippen molar-refractivity contribution in [1.82, 2.24) is 0 Å². The standard InChI is InChI=1S/C5H12O3P2/c1-9(7)4-5(3-6)10(2)8/h5-6H,3-4H2,1-2H3/q+2. The summed E-state index contributed by atoms with van der Waals surface area (Å²) in [5.74, 6) is 0. The van der Waals surface area contributed by atoms with Crippen molar-refractivity contribution in [3.63, 3.8) is 0 Å². The van der Waals surface area contributed by atoms with Gasteiger partial charge in [0.1, 0.15) is 13.3 Å². The molecule has 0 fully saturated rings. The summed E-state index contributed by atoms with van der Waals surface area (Å²) in [6, 6.07) is 0. The maximum atomic E-state index is 10.8. The number of hydrogen-bond donors (Lipinski definition) is 1. The van der Waals surface area contributed by atoms with Gasteiger partial charge < -0.3 is 5.11 Å². The normalized spacial score (nSPS) is 16.3. The van der Waals surface area contributed by atoms with Gasteiger partial charge in [0, 0.05) is 0 Å². The minimum atomic E-state index is -1.38. The number of rotatable bonds is 4. The van der Waals surface area contributed by atoms with E-state index < -0.39 is 15.6 Å². The topological polar surface area (TPSA) is 54.4 Å². The van der Waals surface area contributed by atoms with Crippen LogP contribution in [0.2, 0.25) is 0 Å². The fraction of sp³-hybridized carbons (Fsp3) is 1.00. The average Bonchev–Trinajstić information content (AvgIpc) is 1.81. The van der Waals surface area contributed by atoms with Crippen molar-refractivity contribution in [3.8, 4) is 0 Å². The van der Waals surface area contributed by atoms with Crippen molar-refractivity contribution < 1.29 is 14.2 Å². The Morgan fingerprint density at radius 1 is 1.40 bits per heavy atom. The molecule has 58 valence electrons. The molecule has 0 aliphatic heterocycles. The highest BCUT2D eigenvalue weighted by atomic mass is 31.1. The van der Waals surface area contributed by atoms with Crippen LogP contribution in [0.5, 0.6) is 0 Å². The van der Waals surface area contributed by atoms with Gasteiger partial charge in [-0.1, -0.05) is 9.13 Å². The minimum absolute atomic E-state index is 0.124. The molecule has 0 radical (unpaired) electrons. The van der Waals surface area contributed by atoms with E-state index in [0.717, 1.165) is 0 Å². The van der Waals surface area contributed by atoms with Gasteiger partial charge in [-0.05, 0) is 0 Å². The predicted molar refractivity (Wildman–Crippen MR) is 42.8 cm³/mol. The monoisotopic (exact) mass is 182 g/mol. The Labute approximate surface area is 62.4 Å². The third kappa shape index (κ3) is 4.05. The fourth-order valence-electron chi connectivity index (χ4n) is 0.584. The molecule has 3 atom stereocenters. The molecule has 0 aromatic heterocycles. The first-order valence-corrected chi connectivity index (χ1v) is 6.63. The van der Waals surface area contributed by atoms with E-state index in [1.807, 2.05) is 0 Å². The Morgan fingerprint density at radius 2 is 1.90 bits per heavy atom. The molecule has 0 bridgehead atoms. The molecule has 0 heterocycles. The Hall–Kier alpha value is 0.160. The van der Waals surface area contributed by atoms with E-state index in [9.17, 15) is 9.13 Å². The summed E-state index contributed by atoms with van der Waals surface area (Å²) < 4.78 is 21.4. The van der Waals surface area contributed by atoms with E-state index in [0.29, 0.717) is 6.16 Å². The van der Waals surface area contributed by atoms with Crippen LogP contribution in [0.25, 0.3) is 0 Å². The van der Waals surface area contributed by atoms with Crippen LogP contribution >= 0.6 is 15.6 Å². The van der Waals surface area contributed by atoms with E-state index >= 15 is 0 Å². The molecule has 1 N–H and O–H groups in total. The molecule has 0 saturated heterocycles.